The van der Waals surface area contributed by atoms with Crippen LogP contribution < -0.4 is 14.8 Å². The summed E-state index contributed by atoms with van der Waals surface area (Å²) in [6.45, 7) is 7.69. The van der Waals surface area contributed by atoms with Gasteiger partial charge in [-0.05, 0) is 87.7 Å². The topological polar surface area (TPSA) is 94.4 Å². The molecule has 5 rings (SSSR count). The molecule has 2 fully saturated rings. The first-order valence-electron chi connectivity index (χ1n) is 14.8. The molecule has 40 heavy (non-hydrogen) atoms. The highest BCUT2D eigenvalue weighted by Gasteiger charge is 2.31. The van der Waals surface area contributed by atoms with Gasteiger partial charge in [-0.25, -0.2) is 0 Å². The lowest BCUT2D eigenvalue weighted by atomic mass is 9.85. The van der Waals surface area contributed by atoms with Crippen LogP contribution in [-0.2, 0) is 6.54 Å². The first kappa shape index (κ1) is 28.1. The van der Waals surface area contributed by atoms with E-state index in [1.807, 2.05) is 44.2 Å². The number of carbonyl (C=O) groups excluding carboxylic acids is 1. The third-order valence-electron chi connectivity index (χ3n) is 8.13. The SMILES string of the molecule is CCOc1ccc([C@H]2CN(C)CC[C@H]2NC(=O)c2ccc(-c3nnn(CC4CCCCC4)n3)cc2)cc1OCC. The van der Waals surface area contributed by atoms with Crippen LogP contribution in [0.15, 0.2) is 42.5 Å². The minimum Gasteiger partial charge on any atom is -0.490 e. The number of likely N-dealkylation sites (tertiary alicyclic amines) is 1. The molecular weight excluding hydrogens is 504 g/mol. The van der Waals surface area contributed by atoms with E-state index in [9.17, 15) is 4.79 Å². The van der Waals surface area contributed by atoms with Crippen LogP contribution in [-0.4, -0.2) is 70.4 Å². The quantitative estimate of drug-likeness (QED) is 0.385. The van der Waals surface area contributed by atoms with Gasteiger partial charge in [0.2, 0.25) is 5.82 Å². The lowest BCUT2D eigenvalue weighted by Gasteiger charge is -2.37. The molecule has 0 unspecified atom stereocenters. The third-order valence-corrected chi connectivity index (χ3v) is 8.13. The number of carbonyl (C=O) groups is 1. The molecule has 2 heterocycles. The van der Waals surface area contributed by atoms with E-state index in [1.165, 1.54) is 32.1 Å². The van der Waals surface area contributed by atoms with Gasteiger partial charge in [0, 0.05) is 29.6 Å². The normalized spacial score (nSPS) is 20.3. The summed E-state index contributed by atoms with van der Waals surface area (Å²) in [6, 6.07) is 13.7. The molecular formula is C31H42N6O3. The van der Waals surface area contributed by atoms with Gasteiger partial charge in [0.15, 0.2) is 11.5 Å². The van der Waals surface area contributed by atoms with Crippen molar-refractivity contribution in [3.05, 3.63) is 53.6 Å². The minimum atomic E-state index is -0.0732. The molecule has 2 aromatic carbocycles. The molecule has 0 bridgehead atoms. The lowest BCUT2D eigenvalue weighted by Crippen LogP contribution is -2.48. The number of rotatable bonds is 10. The number of piperidine rings is 1. The van der Waals surface area contributed by atoms with E-state index in [0.717, 1.165) is 48.7 Å². The predicted molar refractivity (Wildman–Crippen MR) is 155 cm³/mol. The zero-order valence-corrected chi connectivity index (χ0v) is 24.0. The Balaban J connectivity index is 1.26. The highest BCUT2D eigenvalue weighted by atomic mass is 16.5. The molecule has 1 N–H and O–H groups in total. The Morgan fingerprint density at radius 3 is 2.48 bits per heavy atom. The summed E-state index contributed by atoms with van der Waals surface area (Å²) < 4.78 is 11.6. The summed E-state index contributed by atoms with van der Waals surface area (Å²) in [5.74, 6) is 2.80. The van der Waals surface area contributed by atoms with Gasteiger partial charge in [-0.15, -0.1) is 10.2 Å². The first-order valence-corrected chi connectivity index (χ1v) is 14.8. The third kappa shape index (κ3) is 6.81. The monoisotopic (exact) mass is 546 g/mol. The number of aromatic nitrogens is 4. The van der Waals surface area contributed by atoms with Crippen molar-refractivity contribution in [1.29, 1.82) is 0 Å². The second-order valence-corrected chi connectivity index (χ2v) is 11.1. The van der Waals surface area contributed by atoms with Crippen LogP contribution in [0, 0.1) is 5.92 Å². The number of ether oxygens (including phenoxy) is 2. The van der Waals surface area contributed by atoms with Crippen LogP contribution in [0.2, 0.25) is 0 Å². The molecule has 1 aromatic heterocycles. The molecule has 9 nitrogen and oxygen atoms in total. The maximum absolute atomic E-state index is 13.3. The van der Waals surface area contributed by atoms with Crippen LogP contribution in [0.4, 0.5) is 0 Å². The number of hydrogen-bond donors (Lipinski definition) is 1. The second-order valence-electron chi connectivity index (χ2n) is 11.1. The number of nitrogens with zero attached hydrogens (tertiary/aromatic N) is 5. The zero-order valence-electron chi connectivity index (χ0n) is 24.0. The van der Waals surface area contributed by atoms with Gasteiger partial charge in [0.05, 0.1) is 19.8 Å². The number of likely N-dealkylation sites (N-methyl/N-ethyl adjacent to an activating group) is 1. The van der Waals surface area contributed by atoms with Gasteiger partial charge in [-0.1, -0.05) is 37.5 Å². The summed E-state index contributed by atoms with van der Waals surface area (Å²) in [4.78, 5) is 17.4. The van der Waals surface area contributed by atoms with E-state index >= 15 is 0 Å². The Hall–Kier alpha value is -3.46. The largest absolute Gasteiger partial charge is 0.490 e. The summed E-state index contributed by atoms with van der Waals surface area (Å²) in [5, 5.41) is 16.5. The van der Waals surface area contributed by atoms with Crippen LogP contribution in [0.1, 0.15) is 74.2 Å². The Morgan fingerprint density at radius 2 is 1.73 bits per heavy atom. The Kier molecular flexibility index (Phi) is 9.31. The maximum Gasteiger partial charge on any atom is 0.251 e. The number of benzene rings is 2. The van der Waals surface area contributed by atoms with E-state index in [2.05, 4.69) is 44.8 Å². The van der Waals surface area contributed by atoms with Crippen molar-refractivity contribution >= 4 is 5.91 Å². The van der Waals surface area contributed by atoms with Crippen molar-refractivity contribution in [1.82, 2.24) is 30.4 Å². The van der Waals surface area contributed by atoms with Gasteiger partial charge in [-0.2, -0.15) is 4.80 Å². The van der Waals surface area contributed by atoms with Gasteiger partial charge in [0.25, 0.3) is 5.91 Å². The Morgan fingerprint density at radius 1 is 0.975 bits per heavy atom. The van der Waals surface area contributed by atoms with Crippen molar-refractivity contribution in [2.24, 2.45) is 5.92 Å². The number of tetrazole rings is 1. The van der Waals surface area contributed by atoms with Crippen molar-refractivity contribution in [2.75, 3.05) is 33.4 Å². The highest BCUT2D eigenvalue weighted by molar-refractivity contribution is 5.94. The summed E-state index contributed by atoms with van der Waals surface area (Å²) in [5.41, 5.74) is 2.63. The lowest BCUT2D eigenvalue weighted by molar-refractivity contribution is 0.0904. The smallest absolute Gasteiger partial charge is 0.251 e. The highest BCUT2D eigenvalue weighted by Crippen LogP contribution is 2.35. The van der Waals surface area contributed by atoms with E-state index in [4.69, 9.17) is 9.47 Å². The van der Waals surface area contributed by atoms with Gasteiger partial charge < -0.3 is 19.7 Å². The molecule has 3 aromatic rings. The molecule has 1 aliphatic heterocycles. The first-order chi connectivity index (χ1) is 19.5. The van der Waals surface area contributed by atoms with Crippen LogP contribution in [0.25, 0.3) is 11.4 Å². The summed E-state index contributed by atoms with van der Waals surface area (Å²) in [7, 11) is 2.13. The molecule has 1 saturated carbocycles. The average Bonchev–Trinajstić information content (AvgIpc) is 3.44. The fraction of sp³-hybridized carbons (Fsp3) is 0.548. The molecule has 0 radical (unpaired) electrons. The van der Waals surface area contributed by atoms with E-state index in [-0.39, 0.29) is 17.9 Å². The average molecular weight is 547 g/mol. The van der Waals surface area contributed by atoms with Crippen LogP contribution >= 0.6 is 0 Å². The van der Waals surface area contributed by atoms with Gasteiger partial charge in [0.1, 0.15) is 0 Å². The molecule has 1 amide bonds. The van der Waals surface area contributed by atoms with E-state index in [1.54, 1.807) is 4.80 Å². The molecule has 214 valence electrons. The van der Waals surface area contributed by atoms with Crippen molar-refractivity contribution < 1.29 is 14.3 Å². The van der Waals surface area contributed by atoms with Crippen LogP contribution in [0.5, 0.6) is 11.5 Å². The maximum atomic E-state index is 13.3. The number of hydrogen-bond acceptors (Lipinski definition) is 7. The number of nitrogens with one attached hydrogen (secondary N) is 1. The summed E-state index contributed by atoms with van der Waals surface area (Å²) >= 11 is 0. The summed E-state index contributed by atoms with van der Waals surface area (Å²) in [6.07, 6.45) is 7.28. The minimum absolute atomic E-state index is 0.0112. The fourth-order valence-corrected chi connectivity index (χ4v) is 5.98. The van der Waals surface area contributed by atoms with Crippen molar-refractivity contribution in [3.63, 3.8) is 0 Å². The Labute approximate surface area is 237 Å². The molecule has 9 heteroatoms. The Bertz CT molecular complexity index is 1250. The second kappa shape index (κ2) is 13.3. The number of amides is 1. The molecule has 1 saturated heterocycles. The van der Waals surface area contributed by atoms with Crippen molar-refractivity contribution in [2.45, 2.75) is 70.9 Å². The molecule has 1 aliphatic carbocycles. The van der Waals surface area contributed by atoms with E-state index < -0.39 is 0 Å². The fourth-order valence-electron chi connectivity index (χ4n) is 5.98. The zero-order chi connectivity index (χ0) is 27.9. The van der Waals surface area contributed by atoms with Crippen LogP contribution in [0.3, 0.4) is 0 Å². The van der Waals surface area contributed by atoms with Gasteiger partial charge in [-0.3, -0.25) is 4.79 Å². The molecule has 2 atom stereocenters. The van der Waals surface area contributed by atoms with Gasteiger partial charge >= 0.3 is 0 Å². The molecule has 2 aliphatic rings. The van der Waals surface area contributed by atoms with E-state index in [0.29, 0.717) is 30.5 Å². The molecule has 0 spiro atoms. The van der Waals surface area contributed by atoms with Crippen molar-refractivity contribution in [3.8, 4) is 22.9 Å². The predicted octanol–water partition coefficient (Wildman–Crippen LogP) is 4.94. The standard InChI is InChI=1S/C31H42N6O3/c1-4-39-28-16-15-25(19-29(28)40-5-2)26-21-36(3)18-17-27(26)32-31(38)24-13-11-23(12-14-24)30-33-35-37(34-30)20-22-9-7-6-8-10-22/h11-16,19,22,26-27H,4-10,17-18,20-21H2,1-3H3,(H,32,38)/t26-,27-/m1/s1.